The normalized spacial score (nSPS) is 19.2. The number of aromatic nitrogens is 3. The van der Waals surface area contributed by atoms with Crippen molar-refractivity contribution < 1.29 is 9.53 Å². The average molecular weight is 295 g/mol. The highest BCUT2D eigenvalue weighted by molar-refractivity contribution is 5.76. The van der Waals surface area contributed by atoms with Gasteiger partial charge in [-0.2, -0.15) is 0 Å². The predicted octanol–water partition coefficient (Wildman–Crippen LogP) is 0.271. The number of rotatable bonds is 6. The van der Waals surface area contributed by atoms with Crippen LogP contribution in [-0.2, 0) is 22.6 Å². The maximum Gasteiger partial charge on any atom is 0.244 e. The highest BCUT2D eigenvalue weighted by atomic mass is 16.5. The molecule has 7 nitrogen and oxygen atoms in total. The van der Waals surface area contributed by atoms with Crippen LogP contribution in [-0.4, -0.2) is 58.1 Å². The third-order valence-electron chi connectivity index (χ3n) is 3.34. The van der Waals surface area contributed by atoms with Crippen LogP contribution in [0.1, 0.15) is 26.5 Å². The lowest BCUT2D eigenvalue weighted by Crippen LogP contribution is -2.45. The summed E-state index contributed by atoms with van der Waals surface area (Å²) in [5.74, 6) is 0.668. The zero-order chi connectivity index (χ0) is 15.2. The van der Waals surface area contributed by atoms with E-state index >= 15 is 0 Å². The lowest BCUT2D eigenvalue weighted by atomic mass is 10.2. The molecule has 1 N–H and O–H groups in total. The third-order valence-corrected chi connectivity index (χ3v) is 3.34. The molecule has 1 aromatic heterocycles. The second kappa shape index (κ2) is 7.51. The Kier molecular flexibility index (Phi) is 5.69. The molecule has 2 rings (SSSR count). The summed E-state index contributed by atoms with van der Waals surface area (Å²) < 4.78 is 7.05. The molecule has 0 aliphatic carbocycles. The quantitative estimate of drug-likeness (QED) is 0.815. The molecule has 1 atom stereocenters. The van der Waals surface area contributed by atoms with Crippen molar-refractivity contribution in [2.45, 2.75) is 40.0 Å². The minimum absolute atomic E-state index is 0.0664. The highest BCUT2D eigenvalue weighted by Gasteiger charge is 2.21. The standard InChI is InChI=1S/C14H25N5O2/c1-11(2)6-15-7-13-9-19(17-16-13)10-14(20)18-4-5-21-12(3)8-18/h9,11-12,15H,4-8,10H2,1-3H3. The molecule has 21 heavy (non-hydrogen) atoms. The van der Waals surface area contributed by atoms with Gasteiger partial charge in [-0.05, 0) is 19.4 Å². The van der Waals surface area contributed by atoms with Gasteiger partial charge in [0.15, 0.2) is 0 Å². The van der Waals surface area contributed by atoms with Gasteiger partial charge in [0, 0.05) is 19.6 Å². The smallest absolute Gasteiger partial charge is 0.244 e. The monoisotopic (exact) mass is 295 g/mol. The molecule has 0 aromatic carbocycles. The zero-order valence-electron chi connectivity index (χ0n) is 13.1. The number of ether oxygens (including phenoxy) is 1. The number of morpholine rings is 1. The summed E-state index contributed by atoms with van der Waals surface area (Å²) in [6.07, 6.45) is 1.93. The molecule has 1 fully saturated rings. The number of carbonyl (C=O) groups is 1. The number of nitrogens with one attached hydrogen (secondary N) is 1. The highest BCUT2D eigenvalue weighted by Crippen LogP contribution is 2.05. The summed E-state index contributed by atoms with van der Waals surface area (Å²) in [6.45, 7) is 10.1. The van der Waals surface area contributed by atoms with Crippen molar-refractivity contribution in [1.82, 2.24) is 25.2 Å². The summed E-state index contributed by atoms with van der Waals surface area (Å²) in [4.78, 5) is 14.0. The number of amides is 1. The topological polar surface area (TPSA) is 72.3 Å². The number of carbonyl (C=O) groups excluding carboxylic acids is 1. The van der Waals surface area contributed by atoms with E-state index in [2.05, 4.69) is 29.5 Å². The molecule has 0 saturated carbocycles. The second-order valence-electron chi connectivity index (χ2n) is 5.95. The maximum atomic E-state index is 12.2. The predicted molar refractivity (Wildman–Crippen MR) is 78.6 cm³/mol. The molecular weight excluding hydrogens is 270 g/mol. The summed E-state index contributed by atoms with van der Waals surface area (Å²) in [6, 6.07) is 0. The molecule has 118 valence electrons. The van der Waals surface area contributed by atoms with Crippen LogP contribution in [0, 0.1) is 5.92 Å². The van der Waals surface area contributed by atoms with Crippen LogP contribution in [0.4, 0.5) is 0 Å². The van der Waals surface area contributed by atoms with Gasteiger partial charge in [0.1, 0.15) is 6.54 Å². The molecule has 1 aliphatic rings. The van der Waals surface area contributed by atoms with E-state index in [-0.39, 0.29) is 18.6 Å². The van der Waals surface area contributed by atoms with Gasteiger partial charge in [-0.1, -0.05) is 19.1 Å². The molecule has 1 aromatic rings. The van der Waals surface area contributed by atoms with E-state index < -0.39 is 0 Å². The first-order valence-electron chi connectivity index (χ1n) is 7.53. The molecule has 0 spiro atoms. The molecule has 1 aliphatic heterocycles. The molecule has 1 saturated heterocycles. The first-order chi connectivity index (χ1) is 10.0. The third kappa shape index (κ3) is 5.09. The zero-order valence-corrected chi connectivity index (χ0v) is 13.1. The second-order valence-corrected chi connectivity index (χ2v) is 5.95. The summed E-state index contributed by atoms with van der Waals surface area (Å²) >= 11 is 0. The fourth-order valence-electron chi connectivity index (χ4n) is 2.27. The van der Waals surface area contributed by atoms with Gasteiger partial charge < -0.3 is 15.0 Å². The van der Waals surface area contributed by atoms with Gasteiger partial charge in [0.2, 0.25) is 5.91 Å². The van der Waals surface area contributed by atoms with Gasteiger partial charge in [-0.15, -0.1) is 5.10 Å². The fourth-order valence-corrected chi connectivity index (χ4v) is 2.27. The van der Waals surface area contributed by atoms with Crippen LogP contribution < -0.4 is 5.32 Å². The van der Waals surface area contributed by atoms with E-state index in [1.807, 2.05) is 18.0 Å². The Morgan fingerprint density at radius 3 is 3.10 bits per heavy atom. The van der Waals surface area contributed by atoms with E-state index in [4.69, 9.17) is 4.74 Å². The molecular formula is C14H25N5O2. The molecule has 2 heterocycles. The van der Waals surface area contributed by atoms with Crippen molar-refractivity contribution in [3.8, 4) is 0 Å². The number of hydrogen-bond acceptors (Lipinski definition) is 5. The van der Waals surface area contributed by atoms with Crippen molar-refractivity contribution >= 4 is 5.91 Å². The number of hydrogen-bond donors (Lipinski definition) is 1. The molecule has 0 bridgehead atoms. The molecule has 1 amide bonds. The SMILES string of the molecule is CC(C)CNCc1cn(CC(=O)N2CCOC(C)C2)nn1. The van der Waals surface area contributed by atoms with Gasteiger partial charge in [0.05, 0.1) is 24.6 Å². The minimum Gasteiger partial charge on any atom is -0.375 e. The minimum atomic E-state index is 0.0664. The summed E-state index contributed by atoms with van der Waals surface area (Å²) in [7, 11) is 0. The lowest BCUT2D eigenvalue weighted by molar-refractivity contribution is -0.139. The van der Waals surface area contributed by atoms with Crippen LogP contribution in [0.3, 0.4) is 0 Å². The lowest BCUT2D eigenvalue weighted by Gasteiger charge is -2.31. The van der Waals surface area contributed by atoms with Gasteiger partial charge in [-0.3, -0.25) is 4.79 Å². The maximum absolute atomic E-state index is 12.2. The summed E-state index contributed by atoms with van der Waals surface area (Å²) in [5, 5.41) is 11.4. The van der Waals surface area contributed by atoms with Crippen molar-refractivity contribution in [2.24, 2.45) is 5.92 Å². The van der Waals surface area contributed by atoms with Crippen LogP contribution in [0.2, 0.25) is 0 Å². The van der Waals surface area contributed by atoms with Gasteiger partial charge in [0.25, 0.3) is 0 Å². The Morgan fingerprint density at radius 2 is 2.38 bits per heavy atom. The van der Waals surface area contributed by atoms with Gasteiger partial charge >= 0.3 is 0 Å². The molecule has 1 unspecified atom stereocenters. The van der Waals surface area contributed by atoms with Crippen molar-refractivity contribution in [3.05, 3.63) is 11.9 Å². The van der Waals surface area contributed by atoms with Crippen molar-refractivity contribution in [2.75, 3.05) is 26.2 Å². The first-order valence-corrected chi connectivity index (χ1v) is 7.53. The summed E-state index contributed by atoms with van der Waals surface area (Å²) in [5.41, 5.74) is 0.860. The van der Waals surface area contributed by atoms with Crippen LogP contribution in [0.15, 0.2) is 6.20 Å². The average Bonchev–Trinajstić information content (AvgIpc) is 2.86. The molecule has 7 heteroatoms. The van der Waals surface area contributed by atoms with E-state index in [0.717, 1.165) is 12.2 Å². The Hall–Kier alpha value is -1.47. The van der Waals surface area contributed by atoms with Crippen LogP contribution >= 0.6 is 0 Å². The Bertz CT molecular complexity index is 460. The van der Waals surface area contributed by atoms with Crippen molar-refractivity contribution in [3.63, 3.8) is 0 Å². The fraction of sp³-hybridized carbons (Fsp3) is 0.786. The van der Waals surface area contributed by atoms with Crippen molar-refractivity contribution in [1.29, 1.82) is 0 Å². The Labute approximate surface area is 125 Å². The first kappa shape index (κ1) is 15.9. The largest absolute Gasteiger partial charge is 0.375 e. The van der Waals surface area contributed by atoms with Gasteiger partial charge in [-0.25, -0.2) is 4.68 Å². The van der Waals surface area contributed by atoms with Crippen LogP contribution in [0.5, 0.6) is 0 Å². The molecule has 0 radical (unpaired) electrons. The number of nitrogens with zero attached hydrogens (tertiary/aromatic N) is 4. The van der Waals surface area contributed by atoms with Crippen LogP contribution in [0.25, 0.3) is 0 Å². The van der Waals surface area contributed by atoms with E-state index in [1.165, 1.54) is 0 Å². The van der Waals surface area contributed by atoms with E-state index in [9.17, 15) is 4.79 Å². The van der Waals surface area contributed by atoms with E-state index in [0.29, 0.717) is 32.2 Å². The van der Waals surface area contributed by atoms with E-state index in [1.54, 1.807) is 4.68 Å². The Morgan fingerprint density at radius 1 is 1.57 bits per heavy atom. The Balaban J connectivity index is 1.80.